The van der Waals surface area contributed by atoms with E-state index in [2.05, 4.69) is 15.5 Å². The van der Waals surface area contributed by atoms with Gasteiger partial charge in [-0.25, -0.2) is 0 Å². The summed E-state index contributed by atoms with van der Waals surface area (Å²) in [5, 5.41) is 6.76. The molecule has 6 nitrogen and oxygen atoms in total. The van der Waals surface area contributed by atoms with Gasteiger partial charge < -0.3 is 19.3 Å². The van der Waals surface area contributed by atoms with Crippen LogP contribution in [0.15, 0.2) is 28.8 Å². The molecule has 1 unspecified atom stereocenters. The number of hydrogen-bond acceptors (Lipinski definition) is 6. The Morgan fingerprint density at radius 2 is 1.88 bits per heavy atom. The standard InChI is InChI=1S/C16H17F2N3O3/c17-16(18,10-5-7-19-8-6-10)15-20-14(21-24-15)13-9-22-11-3-1-2-4-12(11)23-13/h1-4,10,13,19H,5-9H2. The van der Waals surface area contributed by atoms with E-state index in [4.69, 9.17) is 14.0 Å². The van der Waals surface area contributed by atoms with Crippen molar-refractivity contribution in [3.8, 4) is 11.5 Å². The third-order valence-electron chi connectivity index (χ3n) is 4.38. The lowest BCUT2D eigenvalue weighted by atomic mass is 9.91. The lowest BCUT2D eigenvalue weighted by molar-refractivity contribution is -0.0993. The highest BCUT2D eigenvalue weighted by Crippen LogP contribution is 2.41. The van der Waals surface area contributed by atoms with E-state index in [0.29, 0.717) is 37.4 Å². The molecule has 2 aliphatic rings. The third kappa shape index (κ3) is 2.71. The summed E-state index contributed by atoms with van der Waals surface area (Å²) in [6.07, 6.45) is 0.0867. The highest BCUT2D eigenvalue weighted by atomic mass is 19.3. The molecule has 0 radical (unpaired) electrons. The Balaban J connectivity index is 1.53. The first kappa shape index (κ1) is 15.3. The lowest BCUT2D eigenvalue weighted by Gasteiger charge is -2.27. The number of hydrogen-bond donors (Lipinski definition) is 1. The van der Waals surface area contributed by atoms with Crippen molar-refractivity contribution in [2.75, 3.05) is 19.7 Å². The molecule has 1 N–H and O–H groups in total. The van der Waals surface area contributed by atoms with Crippen molar-refractivity contribution in [2.45, 2.75) is 24.9 Å². The molecule has 2 aromatic rings. The van der Waals surface area contributed by atoms with Gasteiger partial charge in [0.2, 0.25) is 5.82 Å². The summed E-state index contributed by atoms with van der Waals surface area (Å²) in [6.45, 7) is 1.28. The van der Waals surface area contributed by atoms with Gasteiger partial charge in [-0.1, -0.05) is 17.3 Å². The van der Waals surface area contributed by atoms with Gasteiger partial charge in [0.15, 0.2) is 17.6 Å². The molecule has 1 fully saturated rings. The van der Waals surface area contributed by atoms with E-state index in [0.717, 1.165) is 0 Å². The molecule has 3 heterocycles. The van der Waals surface area contributed by atoms with Crippen LogP contribution in [0.2, 0.25) is 0 Å². The Morgan fingerprint density at radius 1 is 1.12 bits per heavy atom. The zero-order chi connectivity index (χ0) is 16.6. The van der Waals surface area contributed by atoms with E-state index >= 15 is 0 Å². The Kier molecular flexibility index (Phi) is 3.84. The number of alkyl halides is 2. The van der Waals surface area contributed by atoms with Gasteiger partial charge in [-0.15, -0.1) is 0 Å². The van der Waals surface area contributed by atoms with Crippen LogP contribution in [-0.4, -0.2) is 29.8 Å². The largest absolute Gasteiger partial charge is 0.485 e. The van der Waals surface area contributed by atoms with Crippen molar-refractivity contribution < 1.29 is 22.8 Å². The molecular weight excluding hydrogens is 320 g/mol. The number of para-hydroxylation sites is 2. The van der Waals surface area contributed by atoms with Gasteiger partial charge in [-0.2, -0.15) is 13.8 Å². The molecule has 0 bridgehead atoms. The highest BCUT2D eigenvalue weighted by molar-refractivity contribution is 5.40. The SMILES string of the molecule is FC(F)(c1nc(C2COc3ccccc3O2)no1)C1CCNCC1. The van der Waals surface area contributed by atoms with Crippen LogP contribution in [0.3, 0.4) is 0 Å². The number of nitrogens with zero attached hydrogens (tertiary/aromatic N) is 2. The second-order valence-corrected chi connectivity index (χ2v) is 5.97. The summed E-state index contributed by atoms with van der Waals surface area (Å²) in [5.41, 5.74) is 0. The normalized spacial score (nSPS) is 21.7. The molecule has 0 saturated carbocycles. The Labute approximate surface area is 137 Å². The predicted octanol–water partition coefficient (Wildman–Crippen LogP) is 2.67. The molecule has 0 spiro atoms. The smallest absolute Gasteiger partial charge is 0.327 e. The topological polar surface area (TPSA) is 69.4 Å². The number of halogens is 2. The van der Waals surface area contributed by atoms with Crippen LogP contribution in [0.1, 0.15) is 30.7 Å². The molecule has 8 heteroatoms. The molecule has 0 amide bonds. The van der Waals surface area contributed by atoms with Crippen molar-refractivity contribution in [1.29, 1.82) is 0 Å². The molecule has 1 aromatic carbocycles. The van der Waals surface area contributed by atoms with E-state index in [1.54, 1.807) is 18.2 Å². The van der Waals surface area contributed by atoms with Gasteiger partial charge >= 0.3 is 5.92 Å². The molecule has 4 rings (SSSR count). The number of ether oxygens (including phenoxy) is 2. The van der Waals surface area contributed by atoms with Crippen LogP contribution in [0.4, 0.5) is 8.78 Å². The minimum Gasteiger partial charge on any atom is -0.485 e. The van der Waals surface area contributed by atoms with Crippen molar-refractivity contribution in [3.63, 3.8) is 0 Å². The van der Waals surface area contributed by atoms with Crippen molar-refractivity contribution in [1.82, 2.24) is 15.5 Å². The van der Waals surface area contributed by atoms with Crippen molar-refractivity contribution in [3.05, 3.63) is 36.0 Å². The minimum atomic E-state index is -3.14. The van der Waals surface area contributed by atoms with Crippen LogP contribution >= 0.6 is 0 Å². The van der Waals surface area contributed by atoms with E-state index < -0.39 is 23.8 Å². The Hall–Kier alpha value is -2.22. The first-order chi connectivity index (χ1) is 11.6. The fourth-order valence-corrected chi connectivity index (χ4v) is 3.01. The Morgan fingerprint density at radius 3 is 2.67 bits per heavy atom. The van der Waals surface area contributed by atoms with E-state index in [9.17, 15) is 8.78 Å². The summed E-state index contributed by atoms with van der Waals surface area (Å²) < 4.78 is 45.3. The van der Waals surface area contributed by atoms with Gasteiger partial charge in [-0.05, 0) is 38.1 Å². The van der Waals surface area contributed by atoms with Crippen LogP contribution in [0.5, 0.6) is 11.5 Å². The molecule has 0 aliphatic carbocycles. The first-order valence-corrected chi connectivity index (χ1v) is 7.95. The van der Waals surface area contributed by atoms with Gasteiger partial charge in [0.05, 0.1) is 0 Å². The fourth-order valence-electron chi connectivity index (χ4n) is 3.01. The summed E-state index contributed by atoms with van der Waals surface area (Å²) in [7, 11) is 0. The van der Waals surface area contributed by atoms with Crippen LogP contribution in [0, 0.1) is 5.92 Å². The number of fused-ring (bicyclic) bond motifs is 1. The number of aromatic nitrogens is 2. The van der Waals surface area contributed by atoms with Gasteiger partial charge in [0.1, 0.15) is 6.61 Å². The van der Waals surface area contributed by atoms with Crippen LogP contribution in [0.25, 0.3) is 0 Å². The molecule has 24 heavy (non-hydrogen) atoms. The molecule has 1 atom stereocenters. The zero-order valence-electron chi connectivity index (χ0n) is 12.9. The van der Waals surface area contributed by atoms with E-state index in [1.807, 2.05) is 6.07 Å². The minimum absolute atomic E-state index is 0.0770. The monoisotopic (exact) mass is 337 g/mol. The number of rotatable bonds is 3. The maximum Gasteiger partial charge on any atom is 0.327 e. The summed E-state index contributed by atoms with van der Waals surface area (Å²) in [4.78, 5) is 3.90. The number of nitrogens with one attached hydrogen (secondary N) is 1. The molecule has 1 saturated heterocycles. The summed E-state index contributed by atoms with van der Waals surface area (Å²) in [6, 6.07) is 7.15. The Bertz CT molecular complexity index is 716. The molecule has 1 aromatic heterocycles. The van der Waals surface area contributed by atoms with Gasteiger partial charge in [0.25, 0.3) is 5.89 Å². The molecular formula is C16H17F2N3O3. The molecule has 2 aliphatic heterocycles. The second-order valence-electron chi connectivity index (χ2n) is 5.97. The van der Waals surface area contributed by atoms with Crippen LogP contribution < -0.4 is 14.8 Å². The van der Waals surface area contributed by atoms with Gasteiger partial charge in [-0.3, -0.25) is 0 Å². The second kappa shape index (κ2) is 6.01. The number of benzene rings is 1. The lowest BCUT2D eigenvalue weighted by Crippen LogP contribution is -2.36. The van der Waals surface area contributed by atoms with Gasteiger partial charge in [0, 0.05) is 5.92 Å². The maximum atomic E-state index is 14.6. The van der Waals surface area contributed by atoms with E-state index in [1.165, 1.54) is 0 Å². The fraction of sp³-hybridized carbons (Fsp3) is 0.500. The quantitative estimate of drug-likeness (QED) is 0.929. The average molecular weight is 337 g/mol. The molecule has 128 valence electrons. The summed E-state index contributed by atoms with van der Waals surface area (Å²) >= 11 is 0. The predicted molar refractivity (Wildman–Crippen MR) is 79.1 cm³/mol. The maximum absolute atomic E-state index is 14.6. The number of piperidine rings is 1. The summed E-state index contributed by atoms with van der Waals surface area (Å²) in [5.74, 6) is -3.36. The first-order valence-electron chi connectivity index (χ1n) is 7.95. The van der Waals surface area contributed by atoms with E-state index in [-0.39, 0.29) is 12.4 Å². The van der Waals surface area contributed by atoms with Crippen LogP contribution in [-0.2, 0) is 5.92 Å². The van der Waals surface area contributed by atoms with Crippen molar-refractivity contribution in [2.24, 2.45) is 5.92 Å². The highest BCUT2D eigenvalue weighted by Gasteiger charge is 2.47. The zero-order valence-corrected chi connectivity index (χ0v) is 12.9. The third-order valence-corrected chi connectivity index (χ3v) is 4.38. The van der Waals surface area contributed by atoms with Crippen molar-refractivity contribution >= 4 is 0 Å². The average Bonchev–Trinajstić information content (AvgIpc) is 3.13.